The van der Waals surface area contributed by atoms with Crippen molar-refractivity contribution >= 4 is 44.3 Å². The number of para-hydroxylation sites is 1. The van der Waals surface area contributed by atoms with Gasteiger partial charge >= 0.3 is 0 Å². The van der Waals surface area contributed by atoms with E-state index in [1.165, 1.54) is 4.70 Å². The molecule has 25 heavy (non-hydrogen) atoms. The van der Waals surface area contributed by atoms with Crippen molar-refractivity contribution in [1.29, 1.82) is 0 Å². The summed E-state index contributed by atoms with van der Waals surface area (Å²) in [6.45, 7) is 0.903. The molecule has 2 heterocycles. The maximum Gasteiger partial charge on any atom is 0.227 e. The van der Waals surface area contributed by atoms with E-state index >= 15 is 0 Å². The maximum absolute atomic E-state index is 12.0. The number of aromatic nitrogens is 1. The summed E-state index contributed by atoms with van der Waals surface area (Å²) in [7, 11) is 0. The van der Waals surface area contributed by atoms with Crippen LogP contribution in [-0.2, 0) is 16.1 Å². The Bertz CT molecular complexity index is 918. The van der Waals surface area contributed by atoms with Gasteiger partial charge in [-0.05, 0) is 29.3 Å². The Morgan fingerprint density at radius 2 is 1.96 bits per heavy atom. The molecule has 4 nitrogen and oxygen atoms in total. The molecule has 0 bridgehead atoms. The summed E-state index contributed by atoms with van der Waals surface area (Å²) in [6, 6.07) is 16.1. The molecule has 1 fully saturated rings. The SMILES string of the molecule is O=C(Cl)[C@H]1CC(=O)N(Cc2ccc(-c3nc4ccccc4s3)cc2)C1. The standard InChI is InChI=1S/C19H15ClN2O2S/c20-18(24)14-9-17(23)22(11-14)10-12-5-7-13(8-6-12)19-21-15-3-1-2-4-16(15)25-19/h1-8,14H,9-11H2/t14-/m0/s1. The van der Waals surface area contributed by atoms with E-state index in [-0.39, 0.29) is 18.2 Å². The van der Waals surface area contributed by atoms with Crippen LogP contribution in [0.15, 0.2) is 48.5 Å². The van der Waals surface area contributed by atoms with Gasteiger partial charge in [-0.1, -0.05) is 36.4 Å². The monoisotopic (exact) mass is 370 g/mol. The Labute approximate surface area is 154 Å². The minimum absolute atomic E-state index is 0.0192. The fraction of sp³-hybridized carbons (Fsp3) is 0.211. The topological polar surface area (TPSA) is 50.3 Å². The molecule has 0 unspecified atom stereocenters. The number of likely N-dealkylation sites (tertiary alicyclic amines) is 1. The molecule has 0 spiro atoms. The second-order valence-corrected chi connectivity index (χ2v) is 7.57. The van der Waals surface area contributed by atoms with Crippen LogP contribution in [0.5, 0.6) is 0 Å². The van der Waals surface area contributed by atoms with E-state index in [1.54, 1.807) is 16.2 Å². The lowest BCUT2D eigenvalue weighted by Crippen LogP contribution is -2.25. The van der Waals surface area contributed by atoms with Crippen LogP contribution in [0, 0.1) is 5.92 Å². The number of halogens is 1. The number of amides is 1. The van der Waals surface area contributed by atoms with Gasteiger partial charge in [-0.25, -0.2) is 4.98 Å². The number of fused-ring (bicyclic) bond motifs is 1. The van der Waals surface area contributed by atoms with Crippen LogP contribution in [0.25, 0.3) is 20.8 Å². The van der Waals surface area contributed by atoms with Gasteiger partial charge in [0, 0.05) is 25.1 Å². The quantitative estimate of drug-likeness (QED) is 0.650. The first-order valence-electron chi connectivity index (χ1n) is 8.02. The second-order valence-electron chi connectivity index (χ2n) is 6.16. The first kappa shape index (κ1) is 16.2. The van der Waals surface area contributed by atoms with Crippen LogP contribution < -0.4 is 0 Å². The minimum atomic E-state index is -0.429. The van der Waals surface area contributed by atoms with E-state index in [0.29, 0.717) is 13.1 Å². The van der Waals surface area contributed by atoms with Gasteiger partial charge in [0.15, 0.2) is 0 Å². The molecular weight excluding hydrogens is 356 g/mol. The highest BCUT2D eigenvalue weighted by molar-refractivity contribution is 7.21. The van der Waals surface area contributed by atoms with Crippen molar-refractivity contribution in [3.05, 3.63) is 54.1 Å². The summed E-state index contributed by atoms with van der Waals surface area (Å²) >= 11 is 7.18. The molecular formula is C19H15ClN2O2S. The van der Waals surface area contributed by atoms with Gasteiger partial charge in [-0.15, -0.1) is 11.3 Å². The number of hydrogen-bond acceptors (Lipinski definition) is 4. The molecule has 1 amide bonds. The molecule has 1 atom stereocenters. The molecule has 1 saturated heterocycles. The Morgan fingerprint density at radius 1 is 1.20 bits per heavy atom. The normalized spacial score (nSPS) is 17.4. The van der Waals surface area contributed by atoms with Crippen LogP contribution >= 0.6 is 22.9 Å². The fourth-order valence-corrected chi connectivity index (χ4v) is 4.16. The van der Waals surface area contributed by atoms with Crippen LogP contribution in [0.3, 0.4) is 0 Å². The van der Waals surface area contributed by atoms with E-state index in [0.717, 1.165) is 21.7 Å². The van der Waals surface area contributed by atoms with Crippen molar-refractivity contribution in [3.8, 4) is 10.6 Å². The Kier molecular flexibility index (Phi) is 4.27. The van der Waals surface area contributed by atoms with Crippen LogP contribution in [0.4, 0.5) is 0 Å². The van der Waals surface area contributed by atoms with Crippen molar-refractivity contribution in [2.24, 2.45) is 5.92 Å². The Hall–Kier alpha value is -2.24. The molecule has 1 aliphatic heterocycles. The predicted octanol–water partition coefficient (Wildman–Crippen LogP) is 4.08. The van der Waals surface area contributed by atoms with Gasteiger partial charge in [0.2, 0.25) is 11.1 Å². The molecule has 4 rings (SSSR count). The van der Waals surface area contributed by atoms with E-state index in [9.17, 15) is 9.59 Å². The summed E-state index contributed by atoms with van der Waals surface area (Å²) in [4.78, 5) is 29.6. The zero-order valence-corrected chi connectivity index (χ0v) is 14.9. The number of benzene rings is 2. The summed E-state index contributed by atoms with van der Waals surface area (Å²) in [5.74, 6) is -0.398. The number of nitrogens with zero attached hydrogens (tertiary/aromatic N) is 2. The largest absolute Gasteiger partial charge is 0.338 e. The second kappa shape index (κ2) is 6.58. The van der Waals surface area contributed by atoms with E-state index < -0.39 is 5.24 Å². The fourth-order valence-electron chi connectivity index (χ4n) is 3.05. The Morgan fingerprint density at radius 3 is 2.64 bits per heavy atom. The lowest BCUT2D eigenvalue weighted by molar-refractivity contribution is -0.128. The predicted molar refractivity (Wildman–Crippen MR) is 99.4 cm³/mol. The average Bonchev–Trinajstić information content (AvgIpc) is 3.20. The molecule has 3 aromatic rings. The van der Waals surface area contributed by atoms with Crippen LogP contribution in [0.1, 0.15) is 12.0 Å². The average molecular weight is 371 g/mol. The van der Waals surface area contributed by atoms with Gasteiger partial charge in [-0.2, -0.15) is 0 Å². The summed E-state index contributed by atoms with van der Waals surface area (Å²) in [5.41, 5.74) is 3.10. The van der Waals surface area contributed by atoms with E-state index in [1.807, 2.05) is 42.5 Å². The zero-order chi connectivity index (χ0) is 17.4. The lowest BCUT2D eigenvalue weighted by atomic mass is 10.1. The first-order chi connectivity index (χ1) is 12.1. The molecule has 1 aliphatic rings. The highest BCUT2D eigenvalue weighted by Crippen LogP contribution is 2.30. The third-order valence-electron chi connectivity index (χ3n) is 4.40. The zero-order valence-electron chi connectivity index (χ0n) is 13.3. The van der Waals surface area contributed by atoms with Gasteiger partial charge < -0.3 is 4.90 Å². The molecule has 0 aliphatic carbocycles. The smallest absolute Gasteiger partial charge is 0.227 e. The number of carbonyl (C=O) groups excluding carboxylic acids is 2. The van der Waals surface area contributed by atoms with Gasteiger partial charge in [0.1, 0.15) is 5.01 Å². The highest BCUT2D eigenvalue weighted by Gasteiger charge is 2.33. The van der Waals surface area contributed by atoms with Crippen LogP contribution in [0.2, 0.25) is 0 Å². The highest BCUT2D eigenvalue weighted by atomic mass is 35.5. The molecule has 1 aromatic heterocycles. The maximum atomic E-state index is 12.0. The minimum Gasteiger partial charge on any atom is -0.338 e. The lowest BCUT2D eigenvalue weighted by Gasteiger charge is -2.16. The van der Waals surface area contributed by atoms with Crippen molar-refractivity contribution < 1.29 is 9.59 Å². The third kappa shape index (κ3) is 3.30. The summed E-state index contributed by atoms with van der Waals surface area (Å²) < 4.78 is 1.17. The van der Waals surface area contributed by atoms with E-state index in [4.69, 9.17) is 11.6 Å². The molecule has 126 valence electrons. The molecule has 0 radical (unpaired) electrons. The molecule has 6 heteroatoms. The van der Waals surface area contributed by atoms with E-state index in [2.05, 4.69) is 11.1 Å². The Balaban J connectivity index is 1.50. The van der Waals surface area contributed by atoms with Gasteiger partial charge in [-0.3, -0.25) is 9.59 Å². The van der Waals surface area contributed by atoms with Crippen molar-refractivity contribution in [1.82, 2.24) is 9.88 Å². The van der Waals surface area contributed by atoms with Crippen molar-refractivity contribution in [2.75, 3.05) is 6.54 Å². The van der Waals surface area contributed by atoms with Gasteiger partial charge in [0.25, 0.3) is 0 Å². The number of thiazole rings is 1. The summed E-state index contributed by atoms with van der Waals surface area (Å²) in [5, 5.41) is 0.555. The van der Waals surface area contributed by atoms with Crippen molar-refractivity contribution in [3.63, 3.8) is 0 Å². The van der Waals surface area contributed by atoms with Gasteiger partial charge in [0.05, 0.1) is 16.1 Å². The number of hydrogen-bond donors (Lipinski definition) is 0. The number of carbonyl (C=O) groups is 2. The third-order valence-corrected chi connectivity index (χ3v) is 5.80. The van der Waals surface area contributed by atoms with Crippen molar-refractivity contribution in [2.45, 2.75) is 13.0 Å². The van der Waals surface area contributed by atoms with Crippen LogP contribution in [-0.4, -0.2) is 27.6 Å². The first-order valence-corrected chi connectivity index (χ1v) is 9.21. The molecule has 2 aromatic carbocycles. The molecule has 0 N–H and O–H groups in total. The molecule has 0 saturated carbocycles. The number of rotatable bonds is 4. The summed E-state index contributed by atoms with van der Waals surface area (Å²) in [6.07, 6.45) is 0.214.